The first-order valence-corrected chi connectivity index (χ1v) is 9.05. The van der Waals surface area contributed by atoms with Gasteiger partial charge in [0.25, 0.3) is 0 Å². The SMILES string of the molecule is FC(F)(F)CCc1ccnc(N2CCCO[C@@H](CN3CCOCC3)C2)n1. The fourth-order valence-electron chi connectivity index (χ4n) is 3.20. The highest BCUT2D eigenvalue weighted by molar-refractivity contribution is 5.31. The number of alkyl halides is 3. The Labute approximate surface area is 151 Å². The Morgan fingerprint density at radius 3 is 2.73 bits per heavy atom. The molecular weight excluding hydrogens is 349 g/mol. The number of morpholine rings is 1. The summed E-state index contributed by atoms with van der Waals surface area (Å²) >= 11 is 0. The Hall–Kier alpha value is -1.45. The fourth-order valence-corrected chi connectivity index (χ4v) is 3.20. The average molecular weight is 374 g/mol. The fraction of sp³-hybridized carbons (Fsp3) is 0.765. The van der Waals surface area contributed by atoms with Crippen LogP contribution in [-0.2, 0) is 15.9 Å². The Bertz CT molecular complexity index is 567. The molecule has 9 heteroatoms. The molecule has 2 fully saturated rings. The molecule has 1 aromatic rings. The molecule has 2 saturated heterocycles. The molecule has 26 heavy (non-hydrogen) atoms. The van der Waals surface area contributed by atoms with Crippen LogP contribution in [0.4, 0.5) is 19.1 Å². The molecule has 0 unspecified atom stereocenters. The lowest BCUT2D eigenvalue weighted by Crippen LogP contribution is -2.45. The number of aromatic nitrogens is 2. The van der Waals surface area contributed by atoms with Crippen molar-refractivity contribution < 1.29 is 22.6 Å². The van der Waals surface area contributed by atoms with E-state index >= 15 is 0 Å². The van der Waals surface area contributed by atoms with Gasteiger partial charge in [0.1, 0.15) is 0 Å². The van der Waals surface area contributed by atoms with Gasteiger partial charge in [0.05, 0.1) is 19.3 Å². The molecule has 0 spiro atoms. The molecule has 2 aliphatic heterocycles. The van der Waals surface area contributed by atoms with Gasteiger partial charge >= 0.3 is 6.18 Å². The Balaban J connectivity index is 1.61. The molecule has 0 aliphatic carbocycles. The minimum Gasteiger partial charge on any atom is -0.379 e. The summed E-state index contributed by atoms with van der Waals surface area (Å²) in [5, 5.41) is 0. The number of halogens is 3. The predicted molar refractivity (Wildman–Crippen MR) is 90.2 cm³/mol. The zero-order valence-electron chi connectivity index (χ0n) is 14.7. The van der Waals surface area contributed by atoms with Crippen molar-refractivity contribution in [1.29, 1.82) is 0 Å². The van der Waals surface area contributed by atoms with Gasteiger partial charge < -0.3 is 14.4 Å². The van der Waals surface area contributed by atoms with Gasteiger partial charge in [-0.1, -0.05) is 0 Å². The van der Waals surface area contributed by atoms with Gasteiger partial charge in [0.2, 0.25) is 5.95 Å². The predicted octanol–water partition coefficient (Wildman–Crippen LogP) is 1.90. The summed E-state index contributed by atoms with van der Waals surface area (Å²) in [6, 6.07) is 1.55. The maximum Gasteiger partial charge on any atom is 0.389 e. The summed E-state index contributed by atoms with van der Waals surface area (Å²) in [7, 11) is 0. The van der Waals surface area contributed by atoms with E-state index in [1.54, 1.807) is 6.07 Å². The monoisotopic (exact) mass is 374 g/mol. The van der Waals surface area contributed by atoms with Crippen LogP contribution in [0.5, 0.6) is 0 Å². The van der Waals surface area contributed by atoms with E-state index in [4.69, 9.17) is 9.47 Å². The van der Waals surface area contributed by atoms with Crippen LogP contribution in [0.25, 0.3) is 0 Å². The van der Waals surface area contributed by atoms with Crippen molar-refractivity contribution in [3.05, 3.63) is 18.0 Å². The largest absolute Gasteiger partial charge is 0.389 e. The molecule has 3 rings (SSSR count). The van der Waals surface area contributed by atoms with E-state index in [0.717, 1.165) is 45.8 Å². The number of nitrogens with zero attached hydrogens (tertiary/aromatic N) is 4. The van der Waals surface area contributed by atoms with Crippen LogP contribution < -0.4 is 4.90 Å². The molecule has 3 heterocycles. The zero-order valence-corrected chi connectivity index (χ0v) is 14.7. The van der Waals surface area contributed by atoms with Crippen molar-refractivity contribution in [3.63, 3.8) is 0 Å². The lowest BCUT2D eigenvalue weighted by atomic mass is 10.2. The van der Waals surface area contributed by atoms with E-state index in [1.165, 1.54) is 6.20 Å². The van der Waals surface area contributed by atoms with Crippen LogP contribution in [-0.4, -0.2) is 79.7 Å². The Morgan fingerprint density at radius 2 is 1.96 bits per heavy atom. The number of hydrogen-bond donors (Lipinski definition) is 0. The average Bonchev–Trinajstić information content (AvgIpc) is 2.86. The third-order valence-electron chi connectivity index (χ3n) is 4.56. The topological polar surface area (TPSA) is 50.7 Å². The standard InChI is InChI=1S/C17H25F3N4O2/c18-17(19,20)4-2-14-3-5-21-16(22-14)24-6-1-9-26-15(13-24)12-23-7-10-25-11-8-23/h3,5,15H,1-2,4,6-13H2/t15-/m0/s1. The van der Waals surface area contributed by atoms with Crippen molar-refractivity contribution >= 4 is 5.95 Å². The molecule has 0 amide bonds. The van der Waals surface area contributed by atoms with Crippen molar-refractivity contribution in [2.75, 3.05) is 57.4 Å². The van der Waals surface area contributed by atoms with Crippen LogP contribution in [0.15, 0.2) is 12.3 Å². The van der Waals surface area contributed by atoms with E-state index in [1.807, 2.05) is 4.90 Å². The van der Waals surface area contributed by atoms with Crippen LogP contribution in [0.2, 0.25) is 0 Å². The lowest BCUT2D eigenvalue weighted by molar-refractivity contribution is -0.134. The summed E-state index contributed by atoms with van der Waals surface area (Å²) < 4.78 is 48.6. The number of aryl methyl sites for hydroxylation is 1. The number of ether oxygens (including phenoxy) is 2. The molecule has 6 nitrogen and oxygen atoms in total. The first-order chi connectivity index (χ1) is 12.5. The summed E-state index contributed by atoms with van der Waals surface area (Å²) in [5.41, 5.74) is 0.419. The maximum absolute atomic E-state index is 12.4. The first-order valence-electron chi connectivity index (χ1n) is 9.05. The summed E-state index contributed by atoms with van der Waals surface area (Å²) in [6.07, 6.45) is -2.76. The quantitative estimate of drug-likeness (QED) is 0.785. The lowest BCUT2D eigenvalue weighted by Gasteiger charge is -2.31. The van der Waals surface area contributed by atoms with E-state index in [2.05, 4.69) is 14.9 Å². The van der Waals surface area contributed by atoms with Gasteiger partial charge in [-0.25, -0.2) is 9.97 Å². The Kier molecular flexibility index (Phi) is 6.66. The van der Waals surface area contributed by atoms with Gasteiger partial charge in [0.15, 0.2) is 0 Å². The second-order valence-corrected chi connectivity index (χ2v) is 6.67. The third kappa shape index (κ3) is 6.07. The van der Waals surface area contributed by atoms with E-state index in [0.29, 0.717) is 24.8 Å². The van der Waals surface area contributed by atoms with Gasteiger partial charge in [-0.15, -0.1) is 0 Å². The minimum atomic E-state index is -4.18. The smallest absolute Gasteiger partial charge is 0.379 e. The highest BCUT2D eigenvalue weighted by atomic mass is 19.4. The number of anilines is 1. The van der Waals surface area contributed by atoms with Gasteiger partial charge in [-0.2, -0.15) is 13.2 Å². The third-order valence-corrected chi connectivity index (χ3v) is 4.56. The van der Waals surface area contributed by atoms with Crippen LogP contribution in [0.1, 0.15) is 18.5 Å². The van der Waals surface area contributed by atoms with Crippen LogP contribution >= 0.6 is 0 Å². The second kappa shape index (κ2) is 8.96. The highest BCUT2D eigenvalue weighted by Gasteiger charge is 2.27. The number of rotatable bonds is 5. The maximum atomic E-state index is 12.4. The van der Waals surface area contributed by atoms with Crippen molar-refractivity contribution in [2.45, 2.75) is 31.5 Å². The summed E-state index contributed by atoms with van der Waals surface area (Å²) in [4.78, 5) is 13.0. The zero-order chi connectivity index (χ0) is 18.4. The Morgan fingerprint density at radius 1 is 1.15 bits per heavy atom. The van der Waals surface area contributed by atoms with Crippen molar-refractivity contribution in [3.8, 4) is 0 Å². The van der Waals surface area contributed by atoms with E-state index in [9.17, 15) is 13.2 Å². The summed E-state index contributed by atoms with van der Waals surface area (Å²) in [6.45, 7) is 6.11. The molecule has 0 aromatic carbocycles. The molecule has 1 aromatic heterocycles. The highest BCUT2D eigenvalue weighted by Crippen LogP contribution is 2.22. The molecule has 0 N–H and O–H groups in total. The molecular formula is C17H25F3N4O2. The van der Waals surface area contributed by atoms with Crippen molar-refractivity contribution in [1.82, 2.24) is 14.9 Å². The minimum absolute atomic E-state index is 0.0260. The van der Waals surface area contributed by atoms with Gasteiger partial charge in [0, 0.05) is 57.6 Å². The van der Waals surface area contributed by atoms with Gasteiger partial charge in [-0.3, -0.25) is 4.90 Å². The first kappa shape index (κ1) is 19.3. The molecule has 2 aliphatic rings. The van der Waals surface area contributed by atoms with Crippen LogP contribution in [0.3, 0.4) is 0 Å². The van der Waals surface area contributed by atoms with Gasteiger partial charge in [-0.05, 0) is 18.9 Å². The molecule has 0 radical (unpaired) electrons. The van der Waals surface area contributed by atoms with Crippen molar-refractivity contribution in [2.24, 2.45) is 0 Å². The van der Waals surface area contributed by atoms with E-state index < -0.39 is 12.6 Å². The number of hydrogen-bond acceptors (Lipinski definition) is 6. The molecule has 146 valence electrons. The normalized spacial score (nSPS) is 23.0. The molecule has 0 bridgehead atoms. The molecule has 0 saturated carbocycles. The summed E-state index contributed by atoms with van der Waals surface area (Å²) in [5.74, 6) is 0.488. The van der Waals surface area contributed by atoms with E-state index in [-0.39, 0.29) is 12.5 Å². The van der Waals surface area contributed by atoms with Crippen LogP contribution in [0, 0.1) is 0 Å². The second-order valence-electron chi connectivity index (χ2n) is 6.67. The molecule has 1 atom stereocenters.